The predicted octanol–water partition coefficient (Wildman–Crippen LogP) is 0.785. The first-order valence-electron chi connectivity index (χ1n) is 6.94. The van der Waals surface area contributed by atoms with Crippen molar-refractivity contribution in [2.24, 2.45) is 0 Å². The van der Waals surface area contributed by atoms with Gasteiger partial charge in [-0.25, -0.2) is 0 Å². The van der Waals surface area contributed by atoms with E-state index in [9.17, 15) is 0 Å². The van der Waals surface area contributed by atoms with Crippen molar-refractivity contribution in [1.29, 1.82) is 0 Å². The molecule has 4 nitrogen and oxygen atoms in total. The van der Waals surface area contributed by atoms with Gasteiger partial charge in [-0.15, -0.1) is 0 Å². The van der Waals surface area contributed by atoms with E-state index in [0.29, 0.717) is 13.1 Å². The molecule has 0 heterocycles. The van der Waals surface area contributed by atoms with Crippen LogP contribution in [-0.2, 0) is 0 Å². The first-order chi connectivity index (χ1) is 8.28. The Kier molecular flexibility index (Phi) is 12.2. The Morgan fingerprint density at radius 1 is 0.647 bits per heavy atom. The van der Waals surface area contributed by atoms with Gasteiger partial charge in [0.1, 0.15) is 0 Å². The lowest BCUT2D eigenvalue weighted by Crippen LogP contribution is -2.34. The number of nitrogens with zero attached hydrogens (tertiary/aromatic N) is 2. The highest BCUT2D eigenvalue weighted by atomic mass is 16.3. The first-order valence-corrected chi connectivity index (χ1v) is 6.94. The third kappa shape index (κ3) is 9.53. The maximum atomic E-state index is 8.91. The lowest BCUT2D eigenvalue weighted by molar-refractivity contribution is 0.153. The molecule has 0 aliphatic carbocycles. The molecule has 0 radical (unpaired) electrons. The number of rotatable bonds is 12. The molecule has 0 aromatic rings. The van der Waals surface area contributed by atoms with Gasteiger partial charge in [0, 0.05) is 13.1 Å². The third-order valence-corrected chi connectivity index (χ3v) is 2.86. The van der Waals surface area contributed by atoms with E-state index in [1.165, 1.54) is 25.9 Å². The van der Waals surface area contributed by atoms with E-state index >= 15 is 0 Å². The molecule has 0 spiro atoms. The van der Waals surface area contributed by atoms with Crippen LogP contribution >= 0.6 is 0 Å². The summed E-state index contributed by atoms with van der Waals surface area (Å²) in [5, 5.41) is 17.8. The molecule has 104 valence electrons. The summed E-state index contributed by atoms with van der Waals surface area (Å²) in [4.78, 5) is 4.62. The first kappa shape index (κ1) is 16.8. The Bertz CT molecular complexity index is 128. The zero-order valence-corrected chi connectivity index (χ0v) is 11.6. The largest absolute Gasteiger partial charge is 0.395 e. The van der Waals surface area contributed by atoms with Crippen LogP contribution in [0.2, 0.25) is 0 Å². The Balaban J connectivity index is 3.73. The fraction of sp³-hybridized carbons (Fsp3) is 1.00. The van der Waals surface area contributed by atoms with Gasteiger partial charge < -0.3 is 15.1 Å². The summed E-state index contributed by atoms with van der Waals surface area (Å²) < 4.78 is 0. The Labute approximate surface area is 106 Å². The van der Waals surface area contributed by atoms with Gasteiger partial charge in [-0.05, 0) is 45.4 Å². The van der Waals surface area contributed by atoms with Crippen molar-refractivity contribution >= 4 is 0 Å². The summed E-state index contributed by atoms with van der Waals surface area (Å²) in [5.41, 5.74) is 0. The molecule has 0 unspecified atom stereocenters. The van der Waals surface area contributed by atoms with Crippen molar-refractivity contribution in [3.8, 4) is 0 Å². The minimum absolute atomic E-state index is 0.174. The van der Waals surface area contributed by atoms with Crippen LogP contribution in [0.5, 0.6) is 0 Å². The van der Waals surface area contributed by atoms with Crippen molar-refractivity contribution in [1.82, 2.24) is 9.80 Å². The highest BCUT2D eigenvalue weighted by molar-refractivity contribution is 4.61. The SMILES string of the molecule is CCCN(CCC)CCCN(CCO)CCO. The zero-order chi connectivity index (χ0) is 12.9. The molecule has 0 aliphatic rings. The normalized spacial score (nSPS) is 11.6. The molecule has 17 heavy (non-hydrogen) atoms. The fourth-order valence-electron chi connectivity index (χ4n) is 2.10. The van der Waals surface area contributed by atoms with Crippen molar-refractivity contribution in [2.75, 3.05) is 52.5 Å². The molecular formula is C13H30N2O2. The Hall–Kier alpha value is -0.160. The maximum absolute atomic E-state index is 8.91. The summed E-state index contributed by atoms with van der Waals surface area (Å²) in [5.74, 6) is 0. The number of hydrogen-bond donors (Lipinski definition) is 2. The van der Waals surface area contributed by atoms with Crippen LogP contribution in [0.1, 0.15) is 33.1 Å². The van der Waals surface area contributed by atoms with Crippen LogP contribution in [0.4, 0.5) is 0 Å². The molecule has 0 fully saturated rings. The van der Waals surface area contributed by atoms with Crippen LogP contribution in [0.25, 0.3) is 0 Å². The van der Waals surface area contributed by atoms with Gasteiger partial charge in [-0.3, -0.25) is 4.90 Å². The summed E-state index contributed by atoms with van der Waals surface area (Å²) in [6, 6.07) is 0. The van der Waals surface area contributed by atoms with Crippen LogP contribution in [0, 0.1) is 0 Å². The van der Waals surface area contributed by atoms with Crippen LogP contribution in [-0.4, -0.2) is 72.5 Å². The standard InChI is InChI=1S/C13H30N2O2/c1-3-6-14(7-4-2)8-5-9-15(10-12-16)11-13-17/h16-17H,3-13H2,1-2H3. The summed E-state index contributed by atoms with van der Waals surface area (Å²) in [6.45, 7) is 10.5. The molecule has 0 amide bonds. The van der Waals surface area contributed by atoms with Crippen molar-refractivity contribution in [3.63, 3.8) is 0 Å². The highest BCUT2D eigenvalue weighted by Crippen LogP contribution is 1.98. The lowest BCUT2D eigenvalue weighted by atomic mass is 10.3. The van der Waals surface area contributed by atoms with E-state index in [1.54, 1.807) is 0 Å². The number of aliphatic hydroxyl groups is 2. The zero-order valence-electron chi connectivity index (χ0n) is 11.6. The monoisotopic (exact) mass is 246 g/mol. The number of aliphatic hydroxyl groups excluding tert-OH is 2. The van der Waals surface area contributed by atoms with Gasteiger partial charge in [0.25, 0.3) is 0 Å². The Morgan fingerprint density at radius 2 is 1.06 bits per heavy atom. The molecule has 0 aromatic carbocycles. The van der Waals surface area contributed by atoms with Crippen LogP contribution < -0.4 is 0 Å². The van der Waals surface area contributed by atoms with Gasteiger partial charge in [0.15, 0.2) is 0 Å². The van der Waals surface area contributed by atoms with Gasteiger partial charge in [-0.2, -0.15) is 0 Å². The molecular weight excluding hydrogens is 216 g/mol. The van der Waals surface area contributed by atoms with Crippen LogP contribution in [0.15, 0.2) is 0 Å². The molecule has 0 aromatic heterocycles. The molecule has 4 heteroatoms. The van der Waals surface area contributed by atoms with Gasteiger partial charge >= 0.3 is 0 Å². The van der Waals surface area contributed by atoms with E-state index < -0.39 is 0 Å². The quantitative estimate of drug-likeness (QED) is 0.534. The second-order valence-electron chi connectivity index (χ2n) is 4.48. The topological polar surface area (TPSA) is 46.9 Å². The summed E-state index contributed by atoms with van der Waals surface area (Å²) in [7, 11) is 0. The minimum atomic E-state index is 0.174. The van der Waals surface area contributed by atoms with Crippen LogP contribution in [0.3, 0.4) is 0 Å². The maximum Gasteiger partial charge on any atom is 0.0558 e. The Morgan fingerprint density at radius 3 is 1.41 bits per heavy atom. The smallest absolute Gasteiger partial charge is 0.0558 e. The molecule has 0 bridgehead atoms. The second kappa shape index (κ2) is 12.3. The fourth-order valence-corrected chi connectivity index (χ4v) is 2.10. The number of hydrogen-bond acceptors (Lipinski definition) is 4. The second-order valence-corrected chi connectivity index (χ2v) is 4.48. The third-order valence-electron chi connectivity index (χ3n) is 2.86. The highest BCUT2D eigenvalue weighted by Gasteiger charge is 2.06. The average Bonchev–Trinajstić information content (AvgIpc) is 2.30. The molecule has 0 aliphatic heterocycles. The van der Waals surface area contributed by atoms with Crippen molar-refractivity contribution in [2.45, 2.75) is 33.1 Å². The summed E-state index contributed by atoms with van der Waals surface area (Å²) >= 11 is 0. The molecule has 0 atom stereocenters. The average molecular weight is 246 g/mol. The molecule has 0 saturated carbocycles. The van der Waals surface area contributed by atoms with Crippen molar-refractivity contribution in [3.05, 3.63) is 0 Å². The molecule has 0 saturated heterocycles. The van der Waals surface area contributed by atoms with Gasteiger partial charge in [0.2, 0.25) is 0 Å². The minimum Gasteiger partial charge on any atom is -0.395 e. The van der Waals surface area contributed by atoms with E-state index in [-0.39, 0.29) is 13.2 Å². The lowest BCUT2D eigenvalue weighted by Gasteiger charge is -2.24. The van der Waals surface area contributed by atoms with E-state index in [2.05, 4.69) is 23.6 Å². The molecule has 2 N–H and O–H groups in total. The van der Waals surface area contributed by atoms with E-state index in [0.717, 1.165) is 19.5 Å². The van der Waals surface area contributed by atoms with Gasteiger partial charge in [0.05, 0.1) is 13.2 Å². The van der Waals surface area contributed by atoms with Gasteiger partial charge in [-0.1, -0.05) is 13.8 Å². The van der Waals surface area contributed by atoms with E-state index in [4.69, 9.17) is 10.2 Å². The van der Waals surface area contributed by atoms with E-state index in [1.807, 2.05) is 0 Å². The molecule has 0 rings (SSSR count). The predicted molar refractivity (Wildman–Crippen MR) is 72.3 cm³/mol. The summed E-state index contributed by atoms with van der Waals surface area (Å²) in [6.07, 6.45) is 3.52. The van der Waals surface area contributed by atoms with Crippen molar-refractivity contribution < 1.29 is 10.2 Å².